The minimum Gasteiger partial charge on any atom is -0.327 e. The number of aromatic nitrogens is 4. The maximum atomic E-state index is 11.9. The molecule has 5 nitrogen and oxygen atoms in total. The summed E-state index contributed by atoms with van der Waals surface area (Å²) < 4.78 is 1.52. The van der Waals surface area contributed by atoms with Gasteiger partial charge < -0.3 is 4.98 Å². The zero-order chi connectivity index (χ0) is 11.0. The molecular formula is C8H10N4OS2. The highest BCUT2D eigenvalue weighted by atomic mass is 32.2. The molecular weight excluding hydrogens is 232 g/mol. The second kappa shape index (κ2) is 3.90. The molecule has 7 heteroatoms. The van der Waals surface area contributed by atoms with Gasteiger partial charge in [-0.25, -0.2) is 9.97 Å². The Labute approximate surface area is 94.7 Å². The lowest BCUT2D eigenvalue weighted by Crippen LogP contribution is -2.19. The van der Waals surface area contributed by atoms with Gasteiger partial charge in [-0.3, -0.25) is 9.36 Å². The maximum absolute atomic E-state index is 11.9. The van der Waals surface area contributed by atoms with Gasteiger partial charge in [0.05, 0.1) is 0 Å². The molecule has 0 fully saturated rings. The number of hydrogen-bond acceptors (Lipinski definition) is 5. The Morgan fingerprint density at radius 1 is 1.27 bits per heavy atom. The standard InChI is InChI=1S/C8H10N4OS2/c1-12-6(13)4-5(11-8(12)15-3)10-7(9-4)14-2/h1-3H3,(H,9,10). The van der Waals surface area contributed by atoms with Crippen molar-refractivity contribution in [2.45, 2.75) is 10.3 Å². The Hall–Kier alpha value is -0.950. The van der Waals surface area contributed by atoms with Gasteiger partial charge in [0.15, 0.2) is 21.5 Å². The number of aromatic amines is 1. The van der Waals surface area contributed by atoms with Crippen LogP contribution in [0.3, 0.4) is 0 Å². The van der Waals surface area contributed by atoms with Crippen LogP contribution in [0.5, 0.6) is 0 Å². The minimum atomic E-state index is -0.0860. The number of H-pyrrole nitrogens is 1. The predicted octanol–water partition coefficient (Wildman–Crippen LogP) is 1.10. The van der Waals surface area contributed by atoms with Crippen molar-refractivity contribution in [3.05, 3.63) is 10.4 Å². The Balaban J connectivity index is 2.81. The van der Waals surface area contributed by atoms with Crippen LogP contribution in [0, 0.1) is 0 Å². The molecule has 0 saturated heterocycles. The highest BCUT2D eigenvalue weighted by Gasteiger charge is 2.11. The predicted molar refractivity (Wildman–Crippen MR) is 62.7 cm³/mol. The summed E-state index contributed by atoms with van der Waals surface area (Å²) in [6, 6.07) is 0. The van der Waals surface area contributed by atoms with E-state index in [-0.39, 0.29) is 5.56 Å². The normalized spacial score (nSPS) is 11.1. The quantitative estimate of drug-likeness (QED) is 0.631. The van der Waals surface area contributed by atoms with Crippen LogP contribution in [0.1, 0.15) is 0 Å². The van der Waals surface area contributed by atoms with Crippen LogP contribution in [0.4, 0.5) is 0 Å². The van der Waals surface area contributed by atoms with Gasteiger partial charge >= 0.3 is 0 Å². The number of rotatable bonds is 2. The van der Waals surface area contributed by atoms with E-state index in [4.69, 9.17) is 0 Å². The van der Waals surface area contributed by atoms with Crippen LogP contribution < -0.4 is 5.56 Å². The molecule has 2 aromatic rings. The van der Waals surface area contributed by atoms with E-state index in [1.165, 1.54) is 28.1 Å². The van der Waals surface area contributed by atoms with E-state index in [2.05, 4.69) is 15.0 Å². The molecule has 0 bridgehead atoms. The van der Waals surface area contributed by atoms with Gasteiger partial charge in [0.2, 0.25) is 0 Å². The van der Waals surface area contributed by atoms with Crippen molar-refractivity contribution < 1.29 is 0 Å². The van der Waals surface area contributed by atoms with E-state index in [1.54, 1.807) is 7.05 Å². The Kier molecular flexibility index (Phi) is 2.74. The topological polar surface area (TPSA) is 63.6 Å². The molecule has 1 N–H and O–H groups in total. The number of thioether (sulfide) groups is 2. The summed E-state index contributed by atoms with van der Waals surface area (Å²) in [4.78, 5) is 23.3. The summed E-state index contributed by atoms with van der Waals surface area (Å²) in [7, 11) is 1.71. The van der Waals surface area contributed by atoms with Crippen molar-refractivity contribution in [2.24, 2.45) is 7.05 Å². The van der Waals surface area contributed by atoms with Crippen LogP contribution >= 0.6 is 23.5 Å². The van der Waals surface area contributed by atoms with Crippen molar-refractivity contribution in [1.82, 2.24) is 19.5 Å². The van der Waals surface area contributed by atoms with Crippen molar-refractivity contribution in [1.29, 1.82) is 0 Å². The van der Waals surface area contributed by atoms with Crippen LogP contribution in [-0.4, -0.2) is 32.0 Å². The summed E-state index contributed by atoms with van der Waals surface area (Å²) in [6.07, 6.45) is 3.79. The molecule has 80 valence electrons. The lowest BCUT2D eigenvalue weighted by molar-refractivity contribution is 0.724. The zero-order valence-electron chi connectivity index (χ0n) is 8.57. The fourth-order valence-corrected chi connectivity index (χ4v) is 2.19. The molecule has 0 atom stereocenters. The molecule has 2 heterocycles. The molecule has 2 rings (SSSR count). The Morgan fingerprint density at radius 3 is 2.60 bits per heavy atom. The third-order valence-electron chi connectivity index (χ3n) is 2.05. The highest BCUT2D eigenvalue weighted by Crippen LogP contribution is 2.16. The SMILES string of the molecule is CSc1nc2nc(SC)n(C)c(=O)c2[nH]1. The maximum Gasteiger partial charge on any atom is 0.280 e. The van der Waals surface area contributed by atoms with Crippen LogP contribution in [0.25, 0.3) is 11.2 Å². The van der Waals surface area contributed by atoms with E-state index in [0.717, 1.165) is 0 Å². The van der Waals surface area contributed by atoms with Crippen LogP contribution in [-0.2, 0) is 7.05 Å². The lowest BCUT2D eigenvalue weighted by Gasteiger charge is -2.02. The zero-order valence-corrected chi connectivity index (χ0v) is 10.2. The molecule has 0 spiro atoms. The summed E-state index contributed by atoms with van der Waals surface area (Å²) in [5.74, 6) is 0. The molecule has 0 radical (unpaired) electrons. The third kappa shape index (κ3) is 1.65. The van der Waals surface area contributed by atoms with E-state index >= 15 is 0 Å². The summed E-state index contributed by atoms with van der Waals surface area (Å²) >= 11 is 2.89. The van der Waals surface area contributed by atoms with E-state index in [0.29, 0.717) is 21.5 Å². The summed E-state index contributed by atoms with van der Waals surface area (Å²) in [6.45, 7) is 0. The highest BCUT2D eigenvalue weighted by molar-refractivity contribution is 7.98. The number of hydrogen-bond donors (Lipinski definition) is 1. The van der Waals surface area contributed by atoms with Crippen molar-refractivity contribution in [2.75, 3.05) is 12.5 Å². The van der Waals surface area contributed by atoms with Gasteiger partial charge in [-0.2, -0.15) is 0 Å². The first-order chi connectivity index (χ1) is 7.17. The first-order valence-electron chi connectivity index (χ1n) is 4.22. The molecule has 0 aliphatic rings. The largest absolute Gasteiger partial charge is 0.327 e. The fraction of sp³-hybridized carbons (Fsp3) is 0.375. The second-order valence-electron chi connectivity index (χ2n) is 2.91. The minimum absolute atomic E-state index is 0.0860. The number of nitrogens with one attached hydrogen (secondary N) is 1. The molecule has 15 heavy (non-hydrogen) atoms. The Bertz CT molecular complexity index is 560. The summed E-state index contributed by atoms with van der Waals surface area (Å²) in [5, 5.41) is 1.39. The molecule has 2 aromatic heterocycles. The third-order valence-corrected chi connectivity index (χ3v) is 3.36. The first-order valence-corrected chi connectivity index (χ1v) is 6.67. The van der Waals surface area contributed by atoms with E-state index < -0.39 is 0 Å². The molecule has 0 aliphatic carbocycles. The molecule has 0 aliphatic heterocycles. The molecule has 0 amide bonds. The van der Waals surface area contributed by atoms with Crippen molar-refractivity contribution >= 4 is 34.7 Å². The Morgan fingerprint density at radius 2 is 2.00 bits per heavy atom. The van der Waals surface area contributed by atoms with Crippen LogP contribution in [0.15, 0.2) is 15.1 Å². The fourth-order valence-electron chi connectivity index (χ4n) is 1.27. The van der Waals surface area contributed by atoms with E-state index in [9.17, 15) is 4.79 Å². The second-order valence-corrected chi connectivity index (χ2v) is 4.48. The van der Waals surface area contributed by atoms with Crippen molar-refractivity contribution in [3.8, 4) is 0 Å². The number of nitrogens with zero attached hydrogens (tertiary/aromatic N) is 3. The average Bonchev–Trinajstić information content (AvgIpc) is 2.66. The van der Waals surface area contributed by atoms with Gasteiger partial charge in [0.1, 0.15) is 0 Å². The number of fused-ring (bicyclic) bond motifs is 1. The number of imidazole rings is 1. The first kappa shape index (κ1) is 10.6. The van der Waals surface area contributed by atoms with E-state index in [1.807, 2.05) is 12.5 Å². The van der Waals surface area contributed by atoms with Gasteiger partial charge in [-0.1, -0.05) is 23.5 Å². The lowest BCUT2D eigenvalue weighted by atomic mass is 10.5. The summed E-state index contributed by atoms with van der Waals surface area (Å²) in [5.41, 5.74) is 0.878. The molecule has 0 saturated carbocycles. The van der Waals surface area contributed by atoms with Gasteiger partial charge in [0, 0.05) is 7.05 Å². The smallest absolute Gasteiger partial charge is 0.280 e. The van der Waals surface area contributed by atoms with Gasteiger partial charge in [-0.05, 0) is 12.5 Å². The monoisotopic (exact) mass is 242 g/mol. The van der Waals surface area contributed by atoms with Crippen LogP contribution in [0.2, 0.25) is 0 Å². The van der Waals surface area contributed by atoms with Crippen molar-refractivity contribution in [3.63, 3.8) is 0 Å². The van der Waals surface area contributed by atoms with Gasteiger partial charge in [0.25, 0.3) is 5.56 Å². The molecule has 0 aromatic carbocycles. The molecule has 0 unspecified atom stereocenters. The van der Waals surface area contributed by atoms with Gasteiger partial charge in [-0.15, -0.1) is 0 Å². The average molecular weight is 242 g/mol.